The molecular formula is C16H15BrFN. The van der Waals surface area contributed by atoms with Crippen molar-refractivity contribution in [2.24, 2.45) is 0 Å². The van der Waals surface area contributed by atoms with Crippen molar-refractivity contribution in [3.63, 3.8) is 0 Å². The minimum Gasteiger partial charge on any atom is -0.382 e. The van der Waals surface area contributed by atoms with Crippen LogP contribution in [0.15, 0.2) is 53.0 Å². The van der Waals surface area contributed by atoms with Crippen molar-refractivity contribution >= 4 is 21.6 Å². The standard InChI is InChI=1S/C16H15BrFN/c17-13-3-1-11(2-4-13)12-9-16(10-12)19-15-7-5-14(18)6-8-15/h1-8,12,16,19H,9-10H2. The lowest BCUT2D eigenvalue weighted by Gasteiger charge is -2.37. The molecule has 98 valence electrons. The summed E-state index contributed by atoms with van der Waals surface area (Å²) in [5.41, 5.74) is 2.40. The number of benzene rings is 2. The molecule has 19 heavy (non-hydrogen) atoms. The maximum Gasteiger partial charge on any atom is 0.123 e. The Morgan fingerprint density at radius 2 is 1.58 bits per heavy atom. The second-order valence-corrected chi connectivity index (χ2v) is 5.98. The maximum atomic E-state index is 12.8. The van der Waals surface area contributed by atoms with Crippen molar-refractivity contribution in [3.05, 3.63) is 64.4 Å². The van der Waals surface area contributed by atoms with Crippen LogP contribution < -0.4 is 5.32 Å². The summed E-state index contributed by atoms with van der Waals surface area (Å²) in [6.07, 6.45) is 2.28. The summed E-state index contributed by atoms with van der Waals surface area (Å²) >= 11 is 3.45. The van der Waals surface area contributed by atoms with E-state index in [1.165, 1.54) is 17.7 Å². The molecule has 3 heteroatoms. The molecular weight excluding hydrogens is 305 g/mol. The van der Waals surface area contributed by atoms with Crippen molar-refractivity contribution in [2.45, 2.75) is 24.8 Å². The predicted molar refractivity (Wildman–Crippen MR) is 79.9 cm³/mol. The number of rotatable bonds is 3. The Morgan fingerprint density at radius 3 is 2.21 bits per heavy atom. The van der Waals surface area contributed by atoms with Crippen LogP contribution in [0.4, 0.5) is 10.1 Å². The van der Waals surface area contributed by atoms with E-state index in [1.54, 1.807) is 12.1 Å². The minimum absolute atomic E-state index is 0.188. The molecule has 1 saturated carbocycles. The largest absolute Gasteiger partial charge is 0.382 e. The first kappa shape index (κ1) is 12.7. The fourth-order valence-electron chi connectivity index (χ4n) is 2.52. The number of halogens is 2. The van der Waals surface area contributed by atoms with E-state index >= 15 is 0 Å². The van der Waals surface area contributed by atoms with Crippen molar-refractivity contribution in [1.29, 1.82) is 0 Å². The Bertz CT molecular complexity index is 544. The molecule has 0 aliphatic heterocycles. The van der Waals surface area contributed by atoms with E-state index in [9.17, 15) is 4.39 Å². The highest BCUT2D eigenvalue weighted by Crippen LogP contribution is 2.38. The minimum atomic E-state index is -0.188. The Hall–Kier alpha value is -1.35. The second kappa shape index (κ2) is 5.33. The van der Waals surface area contributed by atoms with Crippen LogP contribution in [-0.4, -0.2) is 6.04 Å². The van der Waals surface area contributed by atoms with Crippen molar-refractivity contribution < 1.29 is 4.39 Å². The van der Waals surface area contributed by atoms with Crippen molar-refractivity contribution in [2.75, 3.05) is 5.32 Å². The normalized spacial score (nSPS) is 21.8. The fourth-order valence-corrected chi connectivity index (χ4v) is 2.79. The van der Waals surface area contributed by atoms with Gasteiger partial charge in [-0.25, -0.2) is 4.39 Å². The van der Waals surface area contributed by atoms with E-state index in [2.05, 4.69) is 45.5 Å². The molecule has 0 heterocycles. The van der Waals surface area contributed by atoms with Gasteiger partial charge in [0.25, 0.3) is 0 Å². The third kappa shape index (κ3) is 2.98. The molecule has 0 saturated heterocycles. The van der Waals surface area contributed by atoms with Gasteiger partial charge in [0, 0.05) is 16.2 Å². The third-order valence-corrected chi connectivity index (χ3v) is 4.22. The summed E-state index contributed by atoms with van der Waals surface area (Å²) in [5.74, 6) is 0.456. The quantitative estimate of drug-likeness (QED) is 0.844. The predicted octanol–water partition coefficient (Wildman–Crippen LogP) is 4.95. The molecule has 0 atom stereocenters. The summed E-state index contributed by atoms with van der Waals surface area (Å²) in [5, 5.41) is 3.44. The molecule has 2 aromatic rings. The smallest absolute Gasteiger partial charge is 0.123 e. The zero-order valence-electron chi connectivity index (χ0n) is 10.4. The van der Waals surface area contributed by atoms with Gasteiger partial charge in [-0.05, 0) is 60.7 Å². The molecule has 0 bridgehead atoms. The van der Waals surface area contributed by atoms with Gasteiger partial charge >= 0.3 is 0 Å². The highest BCUT2D eigenvalue weighted by Gasteiger charge is 2.29. The number of hydrogen-bond acceptors (Lipinski definition) is 1. The summed E-state index contributed by atoms with van der Waals surface area (Å²) < 4.78 is 13.9. The first-order chi connectivity index (χ1) is 9.20. The monoisotopic (exact) mass is 319 g/mol. The average molecular weight is 320 g/mol. The van der Waals surface area contributed by atoms with E-state index < -0.39 is 0 Å². The lowest BCUT2D eigenvalue weighted by atomic mass is 9.76. The van der Waals surface area contributed by atoms with E-state index in [0.717, 1.165) is 23.0 Å². The van der Waals surface area contributed by atoms with Gasteiger partial charge in [-0.1, -0.05) is 28.1 Å². The first-order valence-electron chi connectivity index (χ1n) is 6.48. The summed E-state index contributed by atoms with van der Waals surface area (Å²) in [4.78, 5) is 0. The van der Waals surface area contributed by atoms with Gasteiger partial charge in [0.05, 0.1) is 0 Å². The van der Waals surface area contributed by atoms with Gasteiger partial charge in [0.15, 0.2) is 0 Å². The highest BCUT2D eigenvalue weighted by atomic mass is 79.9. The summed E-state index contributed by atoms with van der Waals surface area (Å²) in [6.45, 7) is 0. The van der Waals surface area contributed by atoms with Crippen LogP contribution in [0.2, 0.25) is 0 Å². The van der Waals surface area contributed by atoms with Gasteiger partial charge in [-0.15, -0.1) is 0 Å². The average Bonchev–Trinajstić information content (AvgIpc) is 2.37. The van der Waals surface area contributed by atoms with Crippen molar-refractivity contribution in [1.82, 2.24) is 0 Å². The molecule has 0 aromatic heterocycles. The topological polar surface area (TPSA) is 12.0 Å². The van der Waals surface area contributed by atoms with Crippen LogP contribution in [0, 0.1) is 5.82 Å². The molecule has 1 fully saturated rings. The number of hydrogen-bond donors (Lipinski definition) is 1. The zero-order chi connectivity index (χ0) is 13.2. The van der Waals surface area contributed by atoms with Gasteiger partial charge in [-0.3, -0.25) is 0 Å². The molecule has 1 nitrogen and oxygen atoms in total. The van der Waals surface area contributed by atoms with Crippen LogP contribution in [-0.2, 0) is 0 Å². The van der Waals surface area contributed by atoms with E-state index in [4.69, 9.17) is 0 Å². The first-order valence-corrected chi connectivity index (χ1v) is 7.27. The Balaban J connectivity index is 1.55. The summed E-state index contributed by atoms with van der Waals surface area (Å²) in [6, 6.07) is 15.6. The molecule has 0 spiro atoms. The Kier molecular flexibility index (Phi) is 3.56. The van der Waals surface area contributed by atoms with Crippen LogP contribution in [0.5, 0.6) is 0 Å². The molecule has 0 unspecified atom stereocenters. The number of anilines is 1. The van der Waals surface area contributed by atoms with Gasteiger partial charge in [0.1, 0.15) is 5.82 Å². The van der Waals surface area contributed by atoms with Crippen LogP contribution in [0.1, 0.15) is 24.3 Å². The zero-order valence-corrected chi connectivity index (χ0v) is 12.0. The maximum absolute atomic E-state index is 12.8. The molecule has 3 rings (SSSR count). The van der Waals surface area contributed by atoms with E-state index in [-0.39, 0.29) is 5.82 Å². The Labute approximate surface area is 121 Å². The lowest BCUT2D eigenvalue weighted by Crippen LogP contribution is -2.33. The summed E-state index contributed by atoms with van der Waals surface area (Å²) in [7, 11) is 0. The highest BCUT2D eigenvalue weighted by molar-refractivity contribution is 9.10. The van der Waals surface area contributed by atoms with E-state index in [0.29, 0.717) is 12.0 Å². The molecule has 0 radical (unpaired) electrons. The van der Waals surface area contributed by atoms with Gasteiger partial charge in [-0.2, -0.15) is 0 Å². The van der Waals surface area contributed by atoms with Crippen LogP contribution >= 0.6 is 15.9 Å². The fraction of sp³-hybridized carbons (Fsp3) is 0.250. The van der Waals surface area contributed by atoms with E-state index in [1.807, 2.05) is 0 Å². The SMILES string of the molecule is Fc1ccc(NC2CC(c3ccc(Br)cc3)C2)cc1. The molecule has 0 amide bonds. The molecule has 2 aromatic carbocycles. The number of nitrogens with one attached hydrogen (secondary N) is 1. The third-order valence-electron chi connectivity index (χ3n) is 3.69. The van der Waals surface area contributed by atoms with Crippen molar-refractivity contribution in [3.8, 4) is 0 Å². The molecule has 1 N–H and O–H groups in total. The van der Waals surface area contributed by atoms with Crippen LogP contribution in [0.3, 0.4) is 0 Å². The molecule has 1 aliphatic rings. The molecule has 1 aliphatic carbocycles. The van der Waals surface area contributed by atoms with Crippen LogP contribution in [0.25, 0.3) is 0 Å². The van der Waals surface area contributed by atoms with Gasteiger partial charge < -0.3 is 5.32 Å². The van der Waals surface area contributed by atoms with Gasteiger partial charge in [0.2, 0.25) is 0 Å². The Morgan fingerprint density at radius 1 is 0.947 bits per heavy atom. The lowest BCUT2D eigenvalue weighted by molar-refractivity contribution is 0.374. The second-order valence-electron chi connectivity index (χ2n) is 5.07.